The van der Waals surface area contributed by atoms with Gasteiger partial charge in [0.2, 0.25) is 0 Å². The van der Waals surface area contributed by atoms with Crippen molar-refractivity contribution in [2.24, 2.45) is 0 Å². The number of hydrogen-bond acceptors (Lipinski definition) is 3. The predicted octanol–water partition coefficient (Wildman–Crippen LogP) is 7.09. The van der Waals surface area contributed by atoms with E-state index in [-0.39, 0.29) is 23.3 Å². The normalized spacial score (nSPS) is 16.7. The second kappa shape index (κ2) is 10.8. The summed E-state index contributed by atoms with van der Waals surface area (Å²) in [6.45, 7) is -0.209. The number of allylic oxidation sites excluding steroid dienone is 1. The molecule has 0 amide bonds. The third kappa shape index (κ3) is 5.37. The molecule has 1 aliphatic carbocycles. The van der Waals surface area contributed by atoms with E-state index in [2.05, 4.69) is 48.5 Å². The van der Waals surface area contributed by atoms with Crippen LogP contribution in [0, 0.1) is 5.82 Å². The first-order valence-electron chi connectivity index (χ1n) is 11.9. The maximum absolute atomic E-state index is 13.4. The van der Waals surface area contributed by atoms with Crippen molar-refractivity contribution in [1.29, 1.82) is 0 Å². The second-order valence-corrected chi connectivity index (χ2v) is 10.5. The summed E-state index contributed by atoms with van der Waals surface area (Å²) in [4.78, 5) is 16.3. The van der Waals surface area contributed by atoms with Crippen LogP contribution in [0.25, 0.3) is 0 Å². The summed E-state index contributed by atoms with van der Waals surface area (Å²) in [5.74, 6) is -0.196. The van der Waals surface area contributed by atoms with E-state index in [1.54, 1.807) is 12.1 Å². The van der Waals surface area contributed by atoms with Crippen molar-refractivity contribution >= 4 is 16.9 Å². The molecule has 36 heavy (non-hydrogen) atoms. The Kier molecular flexibility index (Phi) is 7.19. The summed E-state index contributed by atoms with van der Waals surface area (Å²) in [6.07, 6.45) is 5.27. The number of carbonyl (C=O) groups excluding carboxylic acids is 1. The van der Waals surface area contributed by atoms with Gasteiger partial charge in [0, 0.05) is 0 Å². The zero-order chi connectivity index (χ0) is 24.8. The molecular weight excluding hydrogens is 471 g/mol. The molecule has 4 aromatic carbocycles. The average Bonchev–Trinajstić information content (AvgIpc) is 3.39. The smallest absolute Gasteiger partial charge is 0.345 e. The molecule has 3 nitrogen and oxygen atoms in total. The zero-order valence-corrected chi connectivity index (χ0v) is 20.5. The molecule has 0 heterocycles. The number of hydrogen-bond donors (Lipinski definition) is 0. The predicted molar refractivity (Wildman–Crippen MR) is 140 cm³/mol. The van der Waals surface area contributed by atoms with Crippen LogP contribution in [-0.4, -0.2) is 12.6 Å². The molecule has 0 spiro atoms. The van der Waals surface area contributed by atoms with Gasteiger partial charge in [-0.3, -0.25) is 0 Å². The first-order chi connectivity index (χ1) is 17.6. The Balaban J connectivity index is 1.27. The van der Waals surface area contributed by atoms with Crippen LogP contribution in [0.2, 0.25) is 0 Å². The van der Waals surface area contributed by atoms with E-state index in [1.807, 2.05) is 48.6 Å². The van der Waals surface area contributed by atoms with Crippen molar-refractivity contribution in [2.45, 2.75) is 33.1 Å². The summed E-state index contributed by atoms with van der Waals surface area (Å²) < 4.78 is 25.0. The van der Waals surface area contributed by atoms with E-state index in [0.29, 0.717) is 12.2 Å². The van der Waals surface area contributed by atoms with E-state index in [4.69, 9.17) is 9.47 Å². The van der Waals surface area contributed by atoms with E-state index in [0.717, 1.165) is 16.9 Å². The van der Waals surface area contributed by atoms with Gasteiger partial charge in [-0.05, 0) is 85.1 Å². The van der Waals surface area contributed by atoms with Crippen LogP contribution in [-0.2, 0) is 26.0 Å². The molecule has 0 N–H and O–H groups in total. The fraction of sp³-hybridized carbons (Fsp3) is 0.129. The van der Waals surface area contributed by atoms with Crippen molar-refractivity contribution in [3.63, 3.8) is 0 Å². The van der Waals surface area contributed by atoms with Crippen molar-refractivity contribution in [3.8, 4) is 5.75 Å². The lowest BCUT2D eigenvalue weighted by Gasteiger charge is -2.28. The lowest BCUT2D eigenvalue weighted by Crippen LogP contribution is -2.31. The maximum Gasteiger partial charge on any atom is 0.345 e. The number of ether oxygens (including phenoxy) is 2. The minimum Gasteiger partial charge on any atom is -0.482 e. The van der Waals surface area contributed by atoms with Crippen molar-refractivity contribution in [3.05, 3.63) is 133 Å². The van der Waals surface area contributed by atoms with Crippen LogP contribution in [0.1, 0.15) is 18.4 Å². The summed E-state index contributed by atoms with van der Waals surface area (Å²) in [7, 11) is -0.249. The molecule has 0 fully saturated rings. The number of rotatable bonds is 8. The van der Waals surface area contributed by atoms with Crippen LogP contribution >= 0.6 is 0 Å². The average molecular weight is 498 g/mol. The minimum absolute atomic E-state index is 0.209. The first kappa shape index (κ1) is 23.9. The molecule has 0 saturated heterocycles. The molecule has 4 aromatic rings. The SMILES string of the molecule is O=C(COc1ccc([S+](c2ccccc2)c2ccccc2)cc1)OC1(c2ccc(F)cc2)C=CCC1. The molecule has 1 aliphatic rings. The molecule has 180 valence electrons. The van der Waals surface area contributed by atoms with Gasteiger partial charge in [-0.2, -0.15) is 0 Å². The highest BCUT2D eigenvalue weighted by Gasteiger charge is 2.36. The Hall–Kier alpha value is -3.83. The van der Waals surface area contributed by atoms with E-state index < -0.39 is 11.6 Å². The van der Waals surface area contributed by atoms with Crippen LogP contribution in [0.15, 0.2) is 136 Å². The Morgan fingerprint density at radius 1 is 0.778 bits per heavy atom. The highest BCUT2D eigenvalue weighted by atomic mass is 32.2. The van der Waals surface area contributed by atoms with Gasteiger partial charge in [-0.15, -0.1) is 0 Å². The fourth-order valence-electron chi connectivity index (χ4n) is 4.34. The molecule has 1 unspecified atom stereocenters. The lowest BCUT2D eigenvalue weighted by atomic mass is 9.93. The largest absolute Gasteiger partial charge is 0.482 e. The molecule has 0 bridgehead atoms. The number of halogens is 1. The highest BCUT2D eigenvalue weighted by molar-refractivity contribution is 7.97. The summed E-state index contributed by atoms with van der Waals surface area (Å²) in [6, 6.07) is 34.8. The zero-order valence-electron chi connectivity index (χ0n) is 19.7. The van der Waals surface area contributed by atoms with E-state index >= 15 is 0 Å². The van der Waals surface area contributed by atoms with Gasteiger partial charge in [-0.1, -0.05) is 54.6 Å². The van der Waals surface area contributed by atoms with Crippen molar-refractivity contribution in [2.75, 3.05) is 6.61 Å². The van der Waals surface area contributed by atoms with E-state index in [1.165, 1.54) is 21.9 Å². The molecule has 0 aliphatic heterocycles. The number of benzene rings is 4. The Labute approximate surface area is 213 Å². The number of carbonyl (C=O) groups is 1. The van der Waals surface area contributed by atoms with Crippen molar-refractivity contribution < 1.29 is 18.7 Å². The third-order valence-electron chi connectivity index (χ3n) is 6.07. The lowest BCUT2D eigenvalue weighted by molar-refractivity contribution is -0.158. The fourth-order valence-corrected chi connectivity index (χ4v) is 6.42. The monoisotopic (exact) mass is 497 g/mol. The van der Waals surface area contributed by atoms with Crippen LogP contribution in [0.3, 0.4) is 0 Å². The van der Waals surface area contributed by atoms with Gasteiger partial charge >= 0.3 is 5.97 Å². The number of esters is 1. The minimum atomic E-state index is -0.877. The standard InChI is InChI=1S/C31H26FO3S/c32-25-15-13-24(14-16-25)31(21-7-8-22-31)35-30(33)23-34-26-17-19-29(20-18-26)36(27-9-3-1-4-10-27)28-11-5-2-6-12-28/h1-7,9-21H,8,22-23H2/q+1. The van der Waals surface area contributed by atoms with Gasteiger partial charge in [0.25, 0.3) is 0 Å². The second-order valence-electron chi connectivity index (χ2n) is 8.50. The summed E-state index contributed by atoms with van der Waals surface area (Å²) >= 11 is 0. The molecular formula is C31H26FO3S+. The first-order valence-corrected chi connectivity index (χ1v) is 13.1. The van der Waals surface area contributed by atoms with Gasteiger partial charge < -0.3 is 9.47 Å². The summed E-state index contributed by atoms with van der Waals surface area (Å²) in [5, 5.41) is 0. The molecule has 0 radical (unpaired) electrons. The molecule has 0 aromatic heterocycles. The van der Waals surface area contributed by atoms with Gasteiger partial charge in [0.15, 0.2) is 26.9 Å². The molecule has 0 saturated carbocycles. The van der Waals surface area contributed by atoms with Gasteiger partial charge in [-0.25, -0.2) is 9.18 Å². The molecule has 5 heteroatoms. The Morgan fingerprint density at radius 2 is 1.36 bits per heavy atom. The third-order valence-corrected chi connectivity index (χ3v) is 8.30. The van der Waals surface area contributed by atoms with Crippen LogP contribution < -0.4 is 4.74 Å². The van der Waals surface area contributed by atoms with Gasteiger partial charge in [0.05, 0.1) is 10.9 Å². The van der Waals surface area contributed by atoms with Gasteiger partial charge in [0.1, 0.15) is 11.6 Å². The Bertz CT molecular complexity index is 1280. The topological polar surface area (TPSA) is 35.5 Å². The van der Waals surface area contributed by atoms with Crippen LogP contribution in [0.4, 0.5) is 4.39 Å². The maximum atomic E-state index is 13.4. The molecule has 1 atom stereocenters. The highest BCUT2D eigenvalue weighted by Crippen LogP contribution is 2.37. The summed E-state index contributed by atoms with van der Waals surface area (Å²) in [5.41, 5.74) is -0.123. The van der Waals surface area contributed by atoms with Crippen molar-refractivity contribution in [1.82, 2.24) is 0 Å². The Morgan fingerprint density at radius 3 is 1.92 bits per heavy atom. The van der Waals surface area contributed by atoms with Crippen LogP contribution in [0.5, 0.6) is 5.75 Å². The quantitative estimate of drug-likeness (QED) is 0.148. The molecule has 5 rings (SSSR count). The van der Waals surface area contributed by atoms with E-state index in [9.17, 15) is 9.18 Å².